The molecule has 0 aromatic heterocycles. The molecule has 20 heavy (non-hydrogen) atoms. The standard InChI is InChI=1S/C15H20F3NS/c1-19-9-12-6-7-14(13(8-12)15(16,17)18)20-10-11-4-2-3-5-11/h6-8,11,19H,2-5,9-10H2,1H3. The molecule has 1 aromatic rings. The second kappa shape index (κ2) is 6.85. The Hall–Kier alpha value is -0.680. The van der Waals surface area contributed by atoms with Crippen molar-refractivity contribution in [1.29, 1.82) is 0 Å². The molecule has 0 saturated heterocycles. The predicted molar refractivity (Wildman–Crippen MR) is 76.9 cm³/mol. The third kappa shape index (κ3) is 4.16. The van der Waals surface area contributed by atoms with Crippen molar-refractivity contribution in [2.75, 3.05) is 12.8 Å². The summed E-state index contributed by atoms with van der Waals surface area (Å²) in [5, 5.41) is 2.88. The van der Waals surface area contributed by atoms with Crippen molar-refractivity contribution < 1.29 is 13.2 Å². The van der Waals surface area contributed by atoms with Crippen LogP contribution in [0.25, 0.3) is 0 Å². The molecule has 2 rings (SSSR count). The average molecular weight is 303 g/mol. The van der Waals surface area contributed by atoms with E-state index in [1.165, 1.54) is 30.7 Å². The Morgan fingerprint density at radius 1 is 1.25 bits per heavy atom. The molecule has 1 saturated carbocycles. The lowest BCUT2D eigenvalue weighted by Crippen LogP contribution is -2.11. The summed E-state index contributed by atoms with van der Waals surface area (Å²) in [6.07, 6.45) is 0.483. The lowest BCUT2D eigenvalue weighted by Gasteiger charge is -2.15. The van der Waals surface area contributed by atoms with Crippen LogP contribution in [-0.4, -0.2) is 12.8 Å². The molecule has 0 bridgehead atoms. The lowest BCUT2D eigenvalue weighted by molar-refractivity contribution is -0.139. The molecular formula is C15H20F3NS. The molecule has 0 atom stereocenters. The van der Waals surface area contributed by atoms with Gasteiger partial charge in [0.15, 0.2) is 0 Å². The number of hydrogen-bond acceptors (Lipinski definition) is 2. The lowest BCUT2D eigenvalue weighted by atomic mass is 10.1. The zero-order valence-corrected chi connectivity index (χ0v) is 12.4. The van der Waals surface area contributed by atoms with Gasteiger partial charge in [-0.25, -0.2) is 0 Å². The number of hydrogen-bond donors (Lipinski definition) is 1. The molecule has 0 aliphatic heterocycles. The maximum absolute atomic E-state index is 13.1. The second-order valence-corrected chi connectivity index (χ2v) is 6.38. The highest BCUT2D eigenvalue weighted by Gasteiger charge is 2.34. The first-order chi connectivity index (χ1) is 9.50. The summed E-state index contributed by atoms with van der Waals surface area (Å²) in [6.45, 7) is 0.455. The van der Waals surface area contributed by atoms with E-state index in [2.05, 4.69) is 5.32 Å². The summed E-state index contributed by atoms with van der Waals surface area (Å²) in [6, 6.07) is 4.67. The van der Waals surface area contributed by atoms with Crippen LogP contribution in [0.15, 0.2) is 23.1 Å². The van der Waals surface area contributed by atoms with Gasteiger partial charge in [-0.15, -0.1) is 11.8 Å². The van der Waals surface area contributed by atoms with Gasteiger partial charge in [-0.2, -0.15) is 13.2 Å². The molecule has 1 fully saturated rings. The second-order valence-electron chi connectivity index (χ2n) is 5.32. The maximum Gasteiger partial charge on any atom is 0.417 e. The molecular weight excluding hydrogens is 283 g/mol. The van der Waals surface area contributed by atoms with Gasteiger partial charge < -0.3 is 5.32 Å². The molecule has 5 heteroatoms. The molecule has 1 aliphatic carbocycles. The van der Waals surface area contributed by atoms with Gasteiger partial charge in [0.05, 0.1) is 5.56 Å². The number of halogens is 3. The van der Waals surface area contributed by atoms with Crippen LogP contribution in [0.5, 0.6) is 0 Å². The predicted octanol–water partition coefficient (Wildman–Crippen LogP) is 4.71. The summed E-state index contributed by atoms with van der Waals surface area (Å²) >= 11 is 1.36. The van der Waals surface area contributed by atoms with E-state index in [0.717, 1.165) is 18.6 Å². The van der Waals surface area contributed by atoms with Crippen molar-refractivity contribution in [2.45, 2.75) is 43.3 Å². The summed E-state index contributed by atoms with van der Waals surface area (Å²) in [7, 11) is 1.73. The summed E-state index contributed by atoms with van der Waals surface area (Å²) in [5.74, 6) is 1.38. The quantitative estimate of drug-likeness (QED) is 0.791. The molecule has 0 amide bonds. The Labute approximate surface area is 122 Å². The Morgan fingerprint density at radius 2 is 1.95 bits per heavy atom. The first-order valence-corrected chi connectivity index (χ1v) is 7.97. The Bertz CT molecular complexity index is 439. The van der Waals surface area contributed by atoms with Crippen molar-refractivity contribution in [2.24, 2.45) is 5.92 Å². The highest BCUT2D eigenvalue weighted by atomic mass is 32.2. The Balaban J connectivity index is 2.13. The van der Waals surface area contributed by atoms with Crippen LogP contribution in [0, 0.1) is 5.92 Å². The maximum atomic E-state index is 13.1. The van der Waals surface area contributed by atoms with E-state index < -0.39 is 11.7 Å². The third-order valence-electron chi connectivity index (χ3n) is 3.68. The zero-order valence-electron chi connectivity index (χ0n) is 11.6. The highest BCUT2D eigenvalue weighted by Crippen LogP contribution is 2.39. The molecule has 1 nitrogen and oxygen atoms in total. The van der Waals surface area contributed by atoms with Crippen molar-refractivity contribution in [3.63, 3.8) is 0 Å². The van der Waals surface area contributed by atoms with Crippen LogP contribution in [0.1, 0.15) is 36.8 Å². The third-order valence-corrected chi connectivity index (χ3v) is 4.98. The van der Waals surface area contributed by atoms with Gasteiger partial charge in [0.1, 0.15) is 0 Å². The van der Waals surface area contributed by atoms with Crippen LogP contribution in [0.4, 0.5) is 13.2 Å². The van der Waals surface area contributed by atoms with Gasteiger partial charge in [-0.1, -0.05) is 18.9 Å². The van der Waals surface area contributed by atoms with Crippen molar-refractivity contribution in [3.05, 3.63) is 29.3 Å². The SMILES string of the molecule is CNCc1ccc(SCC2CCCC2)c(C(F)(F)F)c1. The largest absolute Gasteiger partial charge is 0.417 e. The van der Waals surface area contributed by atoms with Crippen LogP contribution in [-0.2, 0) is 12.7 Å². The highest BCUT2D eigenvalue weighted by molar-refractivity contribution is 7.99. The number of thioether (sulfide) groups is 1. The molecule has 112 valence electrons. The topological polar surface area (TPSA) is 12.0 Å². The minimum Gasteiger partial charge on any atom is -0.316 e. The normalized spacial score (nSPS) is 16.8. The fraction of sp³-hybridized carbons (Fsp3) is 0.600. The first kappa shape index (κ1) is 15.7. The van der Waals surface area contributed by atoms with E-state index >= 15 is 0 Å². The van der Waals surface area contributed by atoms with E-state index in [-0.39, 0.29) is 0 Å². The molecule has 1 N–H and O–H groups in total. The van der Waals surface area contributed by atoms with E-state index in [0.29, 0.717) is 22.9 Å². The van der Waals surface area contributed by atoms with Crippen LogP contribution < -0.4 is 5.32 Å². The number of nitrogens with one attached hydrogen (secondary N) is 1. The number of rotatable bonds is 5. The van der Waals surface area contributed by atoms with Crippen molar-refractivity contribution in [3.8, 4) is 0 Å². The van der Waals surface area contributed by atoms with Gasteiger partial charge in [-0.3, -0.25) is 0 Å². The summed E-state index contributed by atoms with van der Waals surface area (Å²) < 4.78 is 39.4. The first-order valence-electron chi connectivity index (χ1n) is 6.98. The van der Waals surface area contributed by atoms with Gasteiger partial charge in [-0.05, 0) is 43.5 Å². The molecule has 0 unspecified atom stereocenters. The minimum absolute atomic E-state index is 0.365. The van der Waals surface area contributed by atoms with Crippen LogP contribution >= 0.6 is 11.8 Å². The Kier molecular flexibility index (Phi) is 5.38. The fourth-order valence-corrected chi connectivity index (χ4v) is 3.87. The molecule has 0 heterocycles. The van der Waals surface area contributed by atoms with Gasteiger partial charge >= 0.3 is 6.18 Å². The fourth-order valence-electron chi connectivity index (χ4n) is 2.62. The zero-order chi connectivity index (χ0) is 14.6. The van der Waals surface area contributed by atoms with Gasteiger partial charge in [0.2, 0.25) is 0 Å². The molecule has 0 radical (unpaired) electrons. The molecule has 0 spiro atoms. The van der Waals surface area contributed by atoms with Crippen LogP contribution in [0.2, 0.25) is 0 Å². The van der Waals surface area contributed by atoms with Crippen molar-refractivity contribution in [1.82, 2.24) is 5.32 Å². The van der Waals surface area contributed by atoms with Crippen LogP contribution in [0.3, 0.4) is 0 Å². The van der Waals surface area contributed by atoms with Crippen molar-refractivity contribution >= 4 is 11.8 Å². The van der Waals surface area contributed by atoms with Gasteiger partial charge in [0, 0.05) is 17.2 Å². The van der Waals surface area contributed by atoms with E-state index in [1.54, 1.807) is 19.2 Å². The Morgan fingerprint density at radius 3 is 2.55 bits per heavy atom. The average Bonchev–Trinajstić information content (AvgIpc) is 2.89. The summed E-state index contributed by atoms with van der Waals surface area (Å²) in [5.41, 5.74) is 0.179. The smallest absolute Gasteiger partial charge is 0.316 e. The van der Waals surface area contributed by atoms with E-state index in [9.17, 15) is 13.2 Å². The molecule has 1 aromatic carbocycles. The van der Waals surface area contributed by atoms with Gasteiger partial charge in [0.25, 0.3) is 0 Å². The van der Waals surface area contributed by atoms with E-state index in [1.807, 2.05) is 0 Å². The molecule has 1 aliphatic rings. The monoisotopic (exact) mass is 303 g/mol. The number of benzene rings is 1. The summed E-state index contributed by atoms with van der Waals surface area (Å²) in [4.78, 5) is 0.365. The van der Waals surface area contributed by atoms with E-state index in [4.69, 9.17) is 0 Å². The minimum atomic E-state index is -4.28. The number of alkyl halides is 3.